The number of imidazole rings is 1. The molecular weight excluding hydrogens is 574 g/mol. The first kappa shape index (κ1) is 27.9. The second-order valence-corrected chi connectivity index (χ2v) is 10.7. The summed E-state index contributed by atoms with van der Waals surface area (Å²) in [5, 5.41) is 36.6. The van der Waals surface area contributed by atoms with E-state index in [0.29, 0.717) is 36.7 Å². The molecule has 3 heterocycles. The molecule has 14 heteroatoms. The van der Waals surface area contributed by atoms with Crippen LogP contribution in [0, 0.1) is 22.7 Å². The molecule has 2 fully saturated rings. The van der Waals surface area contributed by atoms with Crippen molar-refractivity contribution in [3.63, 3.8) is 0 Å². The van der Waals surface area contributed by atoms with Gasteiger partial charge in [0.15, 0.2) is 17.2 Å². The van der Waals surface area contributed by atoms with Gasteiger partial charge in [-0.3, -0.25) is 0 Å². The molecule has 1 atom stereocenters. The van der Waals surface area contributed by atoms with Gasteiger partial charge >= 0.3 is 6.09 Å². The Morgan fingerprint density at radius 2 is 2.00 bits per heavy atom. The van der Waals surface area contributed by atoms with E-state index in [0.717, 1.165) is 24.2 Å². The summed E-state index contributed by atoms with van der Waals surface area (Å²) >= 11 is 6.74. The number of methoxy groups -OCH3 is 1. The fraction of sp³-hybridized carbons (Fsp3) is 0.310. The third-order valence-corrected chi connectivity index (χ3v) is 7.74. The SMILES string of the molecule is COc1ccc(CN(c2nc(Nc3cc(C#N)cc(OC4CCN(C(=O)O)C4)c3Cl)nn3c(C#N)cnc23)C2CC2)cc1. The van der Waals surface area contributed by atoms with E-state index < -0.39 is 12.2 Å². The molecule has 43 heavy (non-hydrogen) atoms. The highest BCUT2D eigenvalue weighted by Crippen LogP contribution is 2.38. The van der Waals surface area contributed by atoms with Crippen molar-refractivity contribution in [2.24, 2.45) is 0 Å². The van der Waals surface area contributed by atoms with Gasteiger partial charge in [-0.15, -0.1) is 5.10 Å². The van der Waals surface area contributed by atoms with E-state index in [9.17, 15) is 20.4 Å². The minimum atomic E-state index is -1.02. The van der Waals surface area contributed by atoms with Gasteiger partial charge in [0.05, 0.1) is 37.2 Å². The molecule has 13 nitrogen and oxygen atoms in total. The number of likely N-dealkylation sites (tertiary alicyclic amines) is 1. The smallest absolute Gasteiger partial charge is 0.407 e. The molecule has 218 valence electrons. The molecule has 2 N–H and O–H groups in total. The number of ether oxygens (including phenoxy) is 2. The molecule has 1 aliphatic carbocycles. The first-order valence-corrected chi connectivity index (χ1v) is 13.9. The van der Waals surface area contributed by atoms with Gasteiger partial charge in [0.2, 0.25) is 5.95 Å². The lowest BCUT2D eigenvalue weighted by Crippen LogP contribution is -2.29. The molecule has 1 amide bonds. The lowest BCUT2D eigenvalue weighted by Gasteiger charge is -2.24. The fourth-order valence-corrected chi connectivity index (χ4v) is 5.22. The van der Waals surface area contributed by atoms with Gasteiger partial charge in [0, 0.05) is 25.6 Å². The number of fused-ring (bicyclic) bond motifs is 1. The molecule has 2 aliphatic rings. The monoisotopic (exact) mass is 599 g/mol. The Labute approximate surface area is 251 Å². The average molecular weight is 600 g/mol. The topological polar surface area (TPSA) is 165 Å². The highest BCUT2D eigenvalue weighted by Gasteiger charge is 2.33. The zero-order chi connectivity index (χ0) is 30.1. The summed E-state index contributed by atoms with van der Waals surface area (Å²) in [4.78, 5) is 24.0. The Balaban J connectivity index is 1.36. The molecule has 2 aromatic heterocycles. The van der Waals surface area contributed by atoms with Gasteiger partial charge in [-0.25, -0.2) is 9.78 Å². The molecule has 2 aromatic carbocycles. The second kappa shape index (κ2) is 11.5. The maximum Gasteiger partial charge on any atom is 0.407 e. The fourth-order valence-electron chi connectivity index (χ4n) is 5.02. The third kappa shape index (κ3) is 5.76. The van der Waals surface area contributed by atoms with Crippen LogP contribution in [0.25, 0.3) is 5.65 Å². The van der Waals surface area contributed by atoms with E-state index in [-0.39, 0.29) is 40.6 Å². The number of anilines is 3. The number of aromatic nitrogens is 4. The second-order valence-electron chi connectivity index (χ2n) is 10.3. The van der Waals surface area contributed by atoms with Crippen LogP contribution in [0.3, 0.4) is 0 Å². The van der Waals surface area contributed by atoms with Crippen LogP contribution in [0.2, 0.25) is 5.02 Å². The zero-order valence-electron chi connectivity index (χ0n) is 23.1. The highest BCUT2D eigenvalue weighted by molar-refractivity contribution is 6.34. The van der Waals surface area contributed by atoms with Gasteiger partial charge in [-0.1, -0.05) is 23.7 Å². The predicted octanol–water partition coefficient (Wildman–Crippen LogP) is 4.57. The first-order chi connectivity index (χ1) is 20.9. The van der Waals surface area contributed by atoms with Gasteiger partial charge in [0.1, 0.15) is 28.7 Å². The summed E-state index contributed by atoms with van der Waals surface area (Å²) in [5.41, 5.74) is 2.31. The van der Waals surface area contributed by atoms with E-state index in [1.807, 2.05) is 24.3 Å². The molecule has 0 bridgehead atoms. The number of hydrogen-bond donors (Lipinski definition) is 2. The zero-order valence-corrected chi connectivity index (χ0v) is 23.8. The molecule has 1 aliphatic heterocycles. The van der Waals surface area contributed by atoms with Crippen LogP contribution in [0.15, 0.2) is 42.6 Å². The van der Waals surface area contributed by atoms with Gasteiger partial charge in [-0.05, 0) is 42.7 Å². The van der Waals surface area contributed by atoms with E-state index in [1.54, 1.807) is 13.2 Å². The van der Waals surface area contributed by atoms with E-state index in [2.05, 4.69) is 32.4 Å². The van der Waals surface area contributed by atoms with Crippen molar-refractivity contribution in [2.45, 2.75) is 38.0 Å². The Morgan fingerprint density at radius 3 is 2.65 bits per heavy atom. The normalized spacial score (nSPS) is 16.0. The Morgan fingerprint density at radius 1 is 1.21 bits per heavy atom. The van der Waals surface area contributed by atoms with Crippen LogP contribution >= 0.6 is 11.6 Å². The first-order valence-electron chi connectivity index (χ1n) is 13.6. The summed E-state index contributed by atoms with van der Waals surface area (Å²) in [6.07, 6.45) is 2.48. The van der Waals surface area contributed by atoms with Gasteiger partial charge in [0.25, 0.3) is 0 Å². The maximum atomic E-state index is 11.3. The third-order valence-electron chi connectivity index (χ3n) is 7.35. The Bertz CT molecular complexity index is 1780. The molecule has 0 radical (unpaired) electrons. The summed E-state index contributed by atoms with van der Waals surface area (Å²) in [5.74, 6) is 1.68. The number of benzene rings is 2. The maximum absolute atomic E-state index is 11.3. The molecule has 0 spiro atoms. The number of amides is 1. The number of nitriles is 2. The van der Waals surface area contributed by atoms with Crippen LogP contribution < -0.4 is 19.7 Å². The Hall–Kier alpha value is -5.27. The van der Waals surface area contributed by atoms with Crippen molar-refractivity contribution in [3.8, 4) is 23.6 Å². The molecule has 1 saturated heterocycles. The van der Waals surface area contributed by atoms with Gasteiger partial charge in [-0.2, -0.15) is 20.0 Å². The molecule has 1 unspecified atom stereocenters. The standard InChI is InChI=1S/C29H26ClN9O4/c1-42-21-6-2-17(3-7-21)15-38(19-4-5-19)27-26-33-14-20(13-32)39(26)36-28(35-27)34-23-10-18(12-31)11-24(25(23)30)43-22-8-9-37(16-22)29(40)41/h2-3,6-7,10-11,14,19,22H,4-5,8-9,15-16H2,1H3,(H,34,36)(H,40,41). The van der Waals surface area contributed by atoms with Crippen molar-refractivity contribution < 1.29 is 19.4 Å². The minimum Gasteiger partial charge on any atom is -0.497 e. The molecule has 1 saturated carbocycles. The quantitative estimate of drug-likeness (QED) is 0.277. The van der Waals surface area contributed by atoms with E-state index >= 15 is 0 Å². The summed E-state index contributed by atoms with van der Waals surface area (Å²) in [6.45, 7) is 1.08. The Kier molecular flexibility index (Phi) is 7.49. The number of carboxylic acid groups (broad SMARTS) is 1. The predicted molar refractivity (Wildman–Crippen MR) is 156 cm³/mol. The van der Waals surface area contributed by atoms with E-state index in [4.69, 9.17) is 26.1 Å². The van der Waals surface area contributed by atoms with Gasteiger partial charge < -0.3 is 29.7 Å². The average Bonchev–Trinajstić information content (AvgIpc) is 3.60. The van der Waals surface area contributed by atoms with Crippen LogP contribution in [0.5, 0.6) is 11.5 Å². The molecule has 6 rings (SSSR count). The van der Waals surface area contributed by atoms with Crippen molar-refractivity contribution in [2.75, 3.05) is 30.4 Å². The van der Waals surface area contributed by atoms with Crippen molar-refractivity contribution in [1.82, 2.24) is 24.5 Å². The summed E-state index contributed by atoms with van der Waals surface area (Å²) < 4.78 is 12.8. The number of rotatable bonds is 9. The van der Waals surface area contributed by atoms with E-state index in [1.165, 1.54) is 21.7 Å². The van der Waals surface area contributed by atoms with Crippen LogP contribution in [-0.4, -0.2) is 68.0 Å². The minimum absolute atomic E-state index is 0.137. The van der Waals surface area contributed by atoms with Crippen LogP contribution in [-0.2, 0) is 6.54 Å². The largest absolute Gasteiger partial charge is 0.497 e. The number of hydrogen-bond acceptors (Lipinski definition) is 10. The number of carbonyl (C=O) groups is 1. The number of halogens is 1. The lowest BCUT2D eigenvalue weighted by atomic mass is 10.2. The van der Waals surface area contributed by atoms with Crippen molar-refractivity contribution in [1.29, 1.82) is 10.5 Å². The summed E-state index contributed by atoms with van der Waals surface area (Å²) in [6, 6.07) is 15.3. The molecular formula is C29H26ClN9O4. The lowest BCUT2D eigenvalue weighted by molar-refractivity contribution is 0.145. The number of nitrogens with zero attached hydrogens (tertiary/aromatic N) is 8. The van der Waals surface area contributed by atoms with Crippen molar-refractivity contribution in [3.05, 3.63) is 64.4 Å². The highest BCUT2D eigenvalue weighted by atomic mass is 35.5. The van der Waals surface area contributed by atoms with Crippen LogP contribution in [0.4, 0.5) is 22.2 Å². The summed E-state index contributed by atoms with van der Waals surface area (Å²) in [7, 11) is 1.62. The van der Waals surface area contributed by atoms with Crippen LogP contribution in [0.1, 0.15) is 36.1 Å². The van der Waals surface area contributed by atoms with Crippen molar-refractivity contribution >= 4 is 40.8 Å². The number of nitrogens with one attached hydrogen (secondary N) is 1. The molecule has 4 aromatic rings.